The van der Waals surface area contributed by atoms with E-state index in [9.17, 15) is 29.1 Å². The normalized spacial score (nSPS) is 13.9. The molecule has 0 aliphatic carbocycles. The molecule has 40 heavy (non-hydrogen) atoms. The zero-order valence-electron chi connectivity index (χ0n) is 23.9. The highest BCUT2D eigenvalue weighted by Gasteiger charge is 2.30. The van der Waals surface area contributed by atoms with Crippen molar-refractivity contribution < 1.29 is 29.1 Å². The Morgan fingerprint density at radius 1 is 0.500 bits per heavy atom. The van der Waals surface area contributed by atoms with E-state index in [-0.39, 0.29) is 25.2 Å². The predicted molar refractivity (Wildman–Crippen MR) is 153 cm³/mol. The molecule has 0 radical (unpaired) electrons. The van der Waals surface area contributed by atoms with Gasteiger partial charge in [-0.25, -0.2) is 4.79 Å². The van der Waals surface area contributed by atoms with Crippen LogP contribution in [0.4, 0.5) is 0 Å². The minimum absolute atomic E-state index is 0.203. The Hall–Kier alpha value is -2.81. The summed E-state index contributed by atoms with van der Waals surface area (Å²) in [7, 11) is 0. The van der Waals surface area contributed by atoms with Crippen LogP contribution in [0.5, 0.6) is 0 Å². The number of nitrogens with two attached hydrogens (primary N) is 4. The van der Waals surface area contributed by atoms with Gasteiger partial charge in [0.15, 0.2) is 0 Å². The predicted octanol–water partition coefficient (Wildman–Crippen LogP) is -1.45. The van der Waals surface area contributed by atoms with E-state index in [2.05, 4.69) is 21.3 Å². The van der Waals surface area contributed by atoms with Gasteiger partial charge in [0.05, 0.1) is 0 Å². The molecule has 0 fully saturated rings. The molecular weight excluding hydrogens is 520 g/mol. The van der Waals surface area contributed by atoms with Crippen molar-refractivity contribution in [1.82, 2.24) is 21.3 Å². The van der Waals surface area contributed by atoms with E-state index in [1.807, 2.05) is 0 Å². The Morgan fingerprint density at radius 3 is 1.05 bits per heavy atom. The molecule has 0 aliphatic heterocycles. The van der Waals surface area contributed by atoms with Crippen molar-refractivity contribution in [2.24, 2.45) is 22.9 Å². The third-order valence-corrected chi connectivity index (χ3v) is 6.36. The first kappa shape index (κ1) is 37.2. The highest BCUT2D eigenvalue weighted by atomic mass is 16.4. The van der Waals surface area contributed by atoms with Gasteiger partial charge in [-0.1, -0.05) is 0 Å². The number of unbranched alkanes of at least 4 members (excludes halogenated alkanes) is 4. The molecule has 0 saturated heterocycles. The molecule has 0 aromatic rings. The fraction of sp³-hybridized carbons (Fsp3) is 0.808. The van der Waals surface area contributed by atoms with Crippen LogP contribution in [0.15, 0.2) is 0 Å². The third kappa shape index (κ3) is 17.0. The molecule has 13 N–H and O–H groups in total. The van der Waals surface area contributed by atoms with Crippen LogP contribution < -0.4 is 44.2 Å². The van der Waals surface area contributed by atoms with E-state index in [1.54, 1.807) is 0 Å². The first-order valence-electron chi connectivity index (χ1n) is 14.3. The van der Waals surface area contributed by atoms with Crippen LogP contribution in [0.2, 0.25) is 0 Å². The van der Waals surface area contributed by atoms with Crippen LogP contribution in [0, 0.1) is 0 Å². The zero-order valence-corrected chi connectivity index (χ0v) is 23.9. The lowest BCUT2D eigenvalue weighted by molar-refractivity contribution is -0.142. The highest BCUT2D eigenvalue weighted by Crippen LogP contribution is 2.09. The third-order valence-electron chi connectivity index (χ3n) is 6.36. The van der Waals surface area contributed by atoms with Gasteiger partial charge in [0.2, 0.25) is 23.6 Å². The summed E-state index contributed by atoms with van der Waals surface area (Å²) in [6.07, 6.45) is 5.77. The lowest BCUT2D eigenvalue weighted by atomic mass is 10.0. The average molecular weight is 573 g/mol. The number of carbonyl (C=O) groups is 5. The monoisotopic (exact) mass is 572 g/mol. The second-order valence-corrected chi connectivity index (χ2v) is 9.91. The van der Waals surface area contributed by atoms with Crippen molar-refractivity contribution in [3.63, 3.8) is 0 Å². The van der Waals surface area contributed by atoms with E-state index in [0.717, 1.165) is 0 Å². The van der Waals surface area contributed by atoms with Crippen LogP contribution >= 0.6 is 0 Å². The minimum Gasteiger partial charge on any atom is -0.480 e. The molecule has 0 unspecified atom stereocenters. The molecule has 0 aromatic heterocycles. The molecule has 0 spiro atoms. The van der Waals surface area contributed by atoms with Gasteiger partial charge in [0, 0.05) is 6.92 Å². The standard InChI is InChI=1S/C26H52N8O6/c1-18(35)31-19(10-2-6-14-27)23(36)32-20(11-3-7-15-28)24(37)33-21(12-4-8-16-29)25(38)34-22(26(39)40)13-5-9-17-30/h19-22H,2-17,27-30H2,1H3,(H,31,35)(H,32,36)(H,33,37)(H,34,38)(H,39,40)/t19-,20-,21-,22-/m0/s1. The van der Waals surface area contributed by atoms with Crippen molar-refractivity contribution in [3.05, 3.63) is 0 Å². The maximum Gasteiger partial charge on any atom is 0.326 e. The van der Waals surface area contributed by atoms with Gasteiger partial charge in [0.25, 0.3) is 0 Å². The average Bonchev–Trinajstić information content (AvgIpc) is 2.90. The maximum atomic E-state index is 13.4. The summed E-state index contributed by atoms with van der Waals surface area (Å²) in [6.45, 7) is 2.96. The SMILES string of the molecule is CC(=O)N[C@@H](CCCCN)C(=O)N[C@@H](CCCCN)C(=O)N[C@@H](CCCCN)C(=O)N[C@@H](CCCCN)C(=O)O. The van der Waals surface area contributed by atoms with Gasteiger partial charge in [-0.3, -0.25) is 19.2 Å². The van der Waals surface area contributed by atoms with Crippen LogP contribution in [0.25, 0.3) is 0 Å². The molecule has 0 aliphatic rings. The minimum atomic E-state index is -1.18. The van der Waals surface area contributed by atoms with Gasteiger partial charge < -0.3 is 49.3 Å². The fourth-order valence-corrected chi connectivity index (χ4v) is 4.10. The maximum absolute atomic E-state index is 13.4. The number of rotatable bonds is 24. The van der Waals surface area contributed by atoms with Gasteiger partial charge in [-0.2, -0.15) is 0 Å². The Morgan fingerprint density at radius 2 is 0.775 bits per heavy atom. The second kappa shape index (κ2) is 22.9. The Bertz CT molecular complexity index is 769. The number of carboxylic acids is 1. The van der Waals surface area contributed by atoms with Crippen molar-refractivity contribution in [1.29, 1.82) is 0 Å². The van der Waals surface area contributed by atoms with E-state index < -0.39 is 47.9 Å². The molecule has 14 heteroatoms. The summed E-state index contributed by atoms with van der Waals surface area (Å²) in [5, 5.41) is 20.1. The number of carboxylic acid groups (broad SMARTS) is 1. The first-order chi connectivity index (χ1) is 19.1. The molecule has 0 aromatic carbocycles. The lowest BCUT2D eigenvalue weighted by Gasteiger charge is -2.26. The van der Waals surface area contributed by atoms with E-state index >= 15 is 0 Å². The van der Waals surface area contributed by atoms with Crippen molar-refractivity contribution in [3.8, 4) is 0 Å². The van der Waals surface area contributed by atoms with E-state index in [0.29, 0.717) is 84.0 Å². The Kier molecular flexibility index (Phi) is 21.3. The number of hydrogen-bond donors (Lipinski definition) is 9. The summed E-state index contributed by atoms with van der Waals surface area (Å²) in [5.74, 6) is -3.29. The fourth-order valence-electron chi connectivity index (χ4n) is 4.10. The molecule has 0 heterocycles. The number of nitrogens with one attached hydrogen (secondary N) is 4. The molecule has 14 nitrogen and oxygen atoms in total. The smallest absolute Gasteiger partial charge is 0.326 e. The number of aliphatic carboxylic acids is 1. The molecule has 0 saturated carbocycles. The van der Waals surface area contributed by atoms with Crippen molar-refractivity contribution in [2.45, 2.75) is 108 Å². The number of amides is 4. The number of hydrogen-bond acceptors (Lipinski definition) is 9. The summed E-state index contributed by atoms with van der Waals surface area (Å²) in [5.41, 5.74) is 22.2. The van der Waals surface area contributed by atoms with Gasteiger partial charge in [-0.15, -0.1) is 0 Å². The van der Waals surface area contributed by atoms with Crippen LogP contribution in [0.3, 0.4) is 0 Å². The van der Waals surface area contributed by atoms with Crippen LogP contribution in [0.1, 0.15) is 84.0 Å². The molecule has 4 amide bonds. The second-order valence-electron chi connectivity index (χ2n) is 9.91. The summed E-state index contributed by atoms with van der Waals surface area (Å²) < 4.78 is 0. The van der Waals surface area contributed by atoms with Gasteiger partial charge in [0.1, 0.15) is 24.2 Å². The molecule has 4 atom stereocenters. The summed E-state index contributed by atoms with van der Waals surface area (Å²) >= 11 is 0. The van der Waals surface area contributed by atoms with Crippen LogP contribution in [-0.4, -0.2) is 85.1 Å². The Balaban J connectivity index is 5.69. The first-order valence-corrected chi connectivity index (χ1v) is 14.3. The van der Waals surface area contributed by atoms with Gasteiger partial charge >= 0.3 is 5.97 Å². The zero-order chi connectivity index (χ0) is 30.3. The van der Waals surface area contributed by atoms with Crippen LogP contribution in [-0.2, 0) is 24.0 Å². The molecule has 232 valence electrons. The topological polar surface area (TPSA) is 258 Å². The largest absolute Gasteiger partial charge is 0.480 e. The molecule has 0 bridgehead atoms. The quantitative estimate of drug-likeness (QED) is 0.0607. The van der Waals surface area contributed by atoms with E-state index in [4.69, 9.17) is 22.9 Å². The van der Waals surface area contributed by atoms with E-state index in [1.165, 1.54) is 6.92 Å². The van der Waals surface area contributed by atoms with Gasteiger partial charge in [-0.05, 0) is 103 Å². The molecular formula is C26H52N8O6. The molecule has 0 rings (SSSR count). The van der Waals surface area contributed by atoms with Crippen molar-refractivity contribution in [2.75, 3.05) is 26.2 Å². The summed E-state index contributed by atoms with van der Waals surface area (Å²) in [6, 6.07) is -3.99. The lowest BCUT2D eigenvalue weighted by Crippen LogP contribution is -2.57. The Labute approximate surface area is 237 Å². The number of carbonyl (C=O) groups excluding carboxylic acids is 4. The highest BCUT2D eigenvalue weighted by molar-refractivity contribution is 5.94. The van der Waals surface area contributed by atoms with Crippen molar-refractivity contribution >= 4 is 29.6 Å². The summed E-state index contributed by atoms with van der Waals surface area (Å²) in [4.78, 5) is 62.9.